The van der Waals surface area contributed by atoms with E-state index >= 15 is 0 Å². The Hall–Kier alpha value is -2.31. The molecule has 0 amide bonds. The van der Waals surface area contributed by atoms with Crippen LogP contribution in [-0.2, 0) is 6.54 Å². The molecule has 0 aliphatic rings. The molecule has 0 saturated carbocycles. The van der Waals surface area contributed by atoms with E-state index in [0.29, 0.717) is 24.4 Å². The first-order valence-corrected chi connectivity index (χ1v) is 6.52. The molecule has 0 bridgehead atoms. The summed E-state index contributed by atoms with van der Waals surface area (Å²) in [5.41, 5.74) is 0. The highest BCUT2D eigenvalue weighted by molar-refractivity contribution is 5.44. The monoisotopic (exact) mass is 276 g/mol. The fraction of sp³-hybridized carbons (Fsp3) is 0.462. The predicted molar refractivity (Wildman–Crippen MR) is 79.1 cm³/mol. The molecule has 7 nitrogen and oxygen atoms in total. The maximum absolute atomic E-state index is 5.38. The van der Waals surface area contributed by atoms with Crippen LogP contribution in [0.1, 0.15) is 12.7 Å². The maximum Gasteiger partial charge on any atom is 0.232 e. The van der Waals surface area contributed by atoms with Gasteiger partial charge in [0.1, 0.15) is 5.76 Å². The molecule has 1 N–H and O–H groups in total. The van der Waals surface area contributed by atoms with Gasteiger partial charge in [-0.3, -0.25) is 0 Å². The Kier molecular flexibility index (Phi) is 4.39. The first kappa shape index (κ1) is 14.1. The van der Waals surface area contributed by atoms with Crippen molar-refractivity contribution in [1.29, 1.82) is 0 Å². The number of nitrogens with zero attached hydrogens (tertiary/aromatic N) is 5. The largest absolute Gasteiger partial charge is 0.467 e. The summed E-state index contributed by atoms with van der Waals surface area (Å²) < 4.78 is 5.38. The van der Waals surface area contributed by atoms with Gasteiger partial charge in [0.25, 0.3) is 0 Å². The van der Waals surface area contributed by atoms with Crippen LogP contribution in [0, 0.1) is 0 Å². The Morgan fingerprint density at radius 1 is 1.20 bits per heavy atom. The predicted octanol–water partition coefficient (Wildman–Crippen LogP) is 1.60. The van der Waals surface area contributed by atoms with Crippen molar-refractivity contribution >= 4 is 17.8 Å². The lowest BCUT2D eigenvalue weighted by molar-refractivity contribution is 0.501. The second-order valence-electron chi connectivity index (χ2n) is 4.50. The molecule has 0 spiro atoms. The first-order chi connectivity index (χ1) is 9.63. The van der Waals surface area contributed by atoms with E-state index < -0.39 is 0 Å². The Labute approximate surface area is 118 Å². The Morgan fingerprint density at radius 2 is 1.95 bits per heavy atom. The second-order valence-corrected chi connectivity index (χ2v) is 4.50. The van der Waals surface area contributed by atoms with Crippen molar-refractivity contribution in [3.8, 4) is 0 Å². The molecule has 0 unspecified atom stereocenters. The zero-order valence-electron chi connectivity index (χ0n) is 12.3. The molecule has 20 heavy (non-hydrogen) atoms. The molecule has 2 heterocycles. The van der Waals surface area contributed by atoms with E-state index in [1.54, 1.807) is 13.3 Å². The van der Waals surface area contributed by atoms with Crippen molar-refractivity contribution in [2.75, 3.05) is 42.8 Å². The topological polar surface area (TPSA) is 70.3 Å². The van der Waals surface area contributed by atoms with Gasteiger partial charge in [-0.25, -0.2) is 0 Å². The molecule has 0 radical (unpaired) electrons. The fourth-order valence-electron chi connectivity index (χ4n) is 1.72. The molecular weight excluding hydrogens is 256 g/mol. The highest BCUT2D eigenvalue weighted by Crippen LogP contribution is 2.17. The van der Waals surface area contributed by atoms with Crippen molar-refractivity contribution in [3.05, 3.63) is 24.2 Å². The summed E-state index contributed by atoms with van der Waals surface area (Å²) in [5, 5.41) is 2.96. The average Bonchev–Trinajstić information content (AvgIpc) is 2.97. The van der Waals surface area contributed by atoms with Crippen LogP contribution in [0.3, 0.4) is 0 Å². The third kappa shape index (κ3) is 3.17. The number of hydrogen-bond acceptors (Lipinski definition) is 7. The third-order valence-electron chi connectivity index (χ3n) is 2.83. The second kappa shape index (κ2) is 6.23. The number of hydrogen-bond donors (Lipinski definition) is 1. The average molecular weight is 276 g/mol. The molecule has 0 atom stereocenters. The molecule has 2 aromatic rings. The van der Waals surface area contributed by atoms with Crippen LogP contribution in [0.25, 0.3) is 0 Å². The van der Waals surface area contributed by atoms with Crippen LogP contribution in [-0.4, -0.2) is 42.6 Å². The van der Waals surface area contributed by atoms with Gasteiger partial charge in [-0.05, 0) is 19.1 Å². The molecular formula is C13H20N6O. The lowest BCUT2D eigenvalue weighted by Crippen LogP contribution is -2.26. The third-order valence-corrected chi connectivity index (χ3v) is 2.83. The quantitative estimate of drug-likeness (QED) is 0.859. The maximum atomic E-state index is 5.38. The van der Waals surface area contributed by atoms with Gasteiger partial charge in [-0.15, -0.1) is 0 Å². The minimum absolute atomic E-state index is 0.552. The van der Waals surface area contributed by atoms with Gasteiger partial charge in [0.15, 0.2) is 0 Å². The molecule has 0 fully saturated rings. The van der Waals surface area contributed by atoms with Crippen LogP contribution in [0.4, 0.5) is 17.8 Å². The molecule has 2 aromatic heterocycles. The summed E-state index contributed by atoms with van der Waals surface area (Å²) in [4.78, 5) is 17.1. The van der Waals surface area contributed by atoms with Crippen LogP contribution >= 0.6 is 0 Å². The lowest BCUT2D eigenvalue weighted by Gasteiger charge is -2.21. The smallest absolute Gasteiger partial charge is 0.232 e. The highest BCUT2D eigenvalue weighted by atomic mass is 16.3. The fourth-order valence-corrected chi connectivity index (χ4v) is 1.72. The van der Waals surface area contributed by atoms with Gasteiger partial charge < -0.3 is 19.5 Å². The summed E-state index contributed by atoms with van der Waals surface area (Å²) in [6.07, 6.45) is 1.67. The van der Waals surface area contributed by atoms with Crippen molar-refractivity contribution in [2.45, 2.75) is 13.5 Å². The molecule has 2 rings (SSSR count). The van der Waals surface area contributed by atoms with Gasteiger partial charge in [-0.2, -0.15) is 15.0 Å². The number of rotatable bonds is 6. The SMILES string of the molecule is CCN(Cc1ccco1)c1nc(NC)nc(N(C)C)n1. The number of furan rings is 1. The van der Waals surface area contributed by atoms with Gasteiger partial charge >= 0.3 is 0 Å². The summed E-state index contributed by atoms with van der Waals surface area (Å²) in [6.45, 7) is 3.46. The van der Waals surface area contributed by atoms with Crippen LogP contribution in [0.5, 0.6) is 0 Å². The van der Waals surface area contributed by atoms with E-state index in [9.17, 15) is 0 Å². The van der Waals surface area contributed by atoms with Crippen molar-refractivity contribution in [1.82, 2.24) is 15.0 Å². The molecule has 0 aromatic carbocycles. The lowest BCUT2D eigenvalue weighted by atomic mass is 10.4. The number of anilines is 3. The summed E-state index contributed by atoms with van der Waals surface area (Å²) in [7, 11) is 5.60. The first-order valence-electron chi connectivity index (χ1n) is 6.52. The summed E-state index contributed by atoms with van der Waals surface area (Å²) >= 11 is 0. The molecule has 0 aliphatic heterocycles. The van der Waals surface area contributed by atoms with Gasteiger partial charge in [-0.1, -0.05) is 0 Å². The van der Waals surface area contributed by atoms with Crippen LogP contribution < -0.4 is 15.1 Å². The van der Waals surface area contributed by atoms with Crippen LogP contribution in [0.2, 0.25) is 0 Å². The van der Waals surface area contributed by atoms with Gasteiger partial charge in [0, 0.05) is 27.7 Å². The summed E-state index contributed by atoms with van der Waals surface area (Å²) in [5.74, 6) is 2.69. The van der Waals surface area contributed by atoms with E-state index in [-0.39, 0.29) is 0 Å². The Bertz CT molecular complexity index is 540. The van der Waals surface area contributed by atoms with E-state index in [2.05, 4.69) is 27.2 Å². The van der Waals surface area contributed by atoms with E-state index in [4.69, 9.17) is 4.42 Å². The van der Waals surface area contributed by atoms with Crippen molar-refractivity contribution in [2.24, 2.45) is 0 Å². The zero-order valence-corrected chi connectivity index (χ0v) is 12.3. The summed E-state index contributed by atoms with van der Waals surface area (Å²) in [6, 6.07) is 3.82. The Balaban J connectivity index is 2.30. The highest BCUT2D eigenvalue weighted by Gasteiger charge is 2.14. The minimum Gasteiger partial charge on any atom is -0.467 e. The zero-order chi connectivity index (χ0) is 14.5. The van der Waals surface area contributed by atoms with Gasteiger partial charge in [0.2, 0.25) is 17.8 Å². The van der Waals surface area contributed by atoms with Crippen LogP contribution in [0.15, 0.2) is 22.8 Å². The Morgan fingerprint density at radius 3 is 2.50 bits per heavy atom. The van der Waals surface area contributed by atoms with E-state index in [1.165, 1.54) is 0 Å². The standard InChI is InChI=1S/C13H20N6O/c1-5-19(9-10-7-6-8-20-10)13-16-11(14-2)15-12(17-13)18(3)4/h6-8H,5,9H2,1-4H3,(H,14,15,16,17). The minimum atomic E-state index is 0.552. The van der Waals surface area contributed by atoms with Gasteiger partial charge in [0.05, 0.1) is 12.8 Å². The molecule has 108 valence electrons. The van der Waals surface area contributed by atoms with Crippen molar-refractivity contribution < 1.29 is 4.42 Å². The normalized spacial score (nSPS) is 10.4. The number of nitrogens with one attached hydrogen (secondary N) is 1. The number of aromatic nitrogens is 3. The van der Waals surface area contributed by atoms with E-state index in [0.717, 1.165) is 12.3 Å². The van der Waals surface area contributed by atoms with E-state index in [1.807, 2.05) is 36.0 Å². The van der Waals surface area contributed by atoms with Crippen molar-refractivity contribution in [3.63, 3.8) is 0 Å². The molecule has 0 aliphatic carbocycles. The molecule has 7 heteroatoms. The molecule has 0 saturated heterocycles.